The Labute approximate surface area is 156 Å². The Hall–Kier alpha value is -3.42. The van der Waals surface area contributed by atoms with Crippen molar-refractivity contribution in [1.29, 1.82) is 0 Å². The summed E-state index contributed by atoms with van der Waals surface area (Å²) in [6.07, 6.45) is -0.0285. The van der Waals surface area contributed by atoms with E-state index >= 15 is 0 Å². The number of nitro groups is 1. The molecule has 0 heterocycles. The summed E-state index contributed by atoms with van der Waals surface area (Å²) >= 11 is 0. The molecule has 0 saturated carbocycles. The molecule has 2 rings (SSSR count). The Morgan fingerprint density at radius 1 is 1.15 bits per heavy atom. The van der Waals surface area contributed by atoms with Crippen molar-refractivity contribution in [3.63, 3.8) is 0 Å². The Balaban J connectivity index is 2.23. The summed E-state index contributed by atoms with van der Waals surface area (Å²) in [5.41, 5.74) is 0.864. The highest BCUT2D eigenvalue weighted by atomic mass is 16.6. The summed E-state index contributed by atoms with van der Waals surface area (Å²) in [7, 11) is 1.24. The minimum atomic E-state index is -0.657. The molecule has 0 aliphatic carbocycles. The first-order chi connectivity index (χ1) is 12.9. The largest absolute Gasteiger partial charge is 0.482 e. The van der Waals surface area contributed by atoms with Crippen molar-refractivity contribution in [1.82, 2.24) is 5.32 Å². The minimum absolute atomic E-state index is 0.0107. The number of rotatable bonds is 8. The molecule has 0 unspecified atom stereocenters. The van der Waals surface area contributed by atoms with Crippen LogP contribution in [0.5, 0.6) is 5.75 Å². The fraction of sp³-hybridized carbons (Fsp3) is 0.263. The highest BCUT2D eigenvalue weighted by molar-refractivity contribution is 5.99. The van der Waals surface area contributed by atoms with Gasteiger partial charge in [0, 0.05) is 6.54 Å². The van der Waals surface area contributed by atoms with Crippen LogP contribution >= 0.6 is 0 Å². The van der Waals surface area contributed by atoms with E-state index in [1.807, 2.05) is 30.3 Å². The second-order valence-electron chi connectivity index (χ2n) is 5.72. The topological polar surface area (TPSA) is 108 Å². The number of nitro benzene ring substituents is 1. The summed E-state index contributed by atoms with van der Waals surface area (Å²) in [6, 6.07) is 12.2. The second-order valence-corrected chi connectivity index (χ2v) is 5.72. The molecule has 0 bridgehead atoms. The molecule has 8 nitrogen and oxygen atoms in total. The van der Waals surface area contributed by atoms with Gasteiger partial charge < -0.3 is 14.8 Å². The van der Waals surface area contributed by atoms with E-state index in [2.05, 4.69) is 10.1 Å². The summed E-state index contributed by atoms with van der Waals surface area (Å²) in [5.74, 6) is -1.10. The van der Waals surface area contributed by atoms with Crippen LogP contribution < -0.4 is 10.1 Å². The van der Waals surface area contributed by atoms with Crippen LogP contribution in [0, 0.1) is 17.0 Å². The molecule has 142 valence electrons. The number of nitrogens with zero attached hydrogens (tertiary/aromatic N) is 1. The van der Waals surface area contributed by atoms with Crippen molar-refractivity contribution in [2.75, 3.05) is 13.7 Å². The fourth-order valence-electron chi connectivity index (χ4n) is 2.42. The van der Waals surface area contributed by atoms with Crippen molar-refractivity contribution < 1.29 is 24.0 Å². The van der Waals surface area contributed by atoms with E-state index in [9.17, 15) is 19.7 Å². The van der Waals surface area contributed by atoms with Crippen LogP contribution in [-0.4, -0.2) is 30.5 Å². The number of aryl methyl sites for hydroxylation is 1. The van der Waals surface area contributed by atoms with E-state index in [1.165, 1.54) is 13.2 Å². The summed E-state index contributed by atoms with van der Waals surface area (Å²) in [5, 5.41) is 14.1. The molecule has 0 radical (unpaired) electrons. The SMILES string of the molecule is COC(=O)CCNC(=O)c1ccc(C)c(OCc2ccccc2)c1[N+](=O)[O-]. The van der Waals surface area contributed by atoms with Gasteiger partial charge in [0.05, 0.1) is 18.5 Å². The maximum absolute atomic E-state index is 12.4. The standard InChI is InChI=1S/C19H20N2O6/c1-13-8-9-15(19(23)20-11-10-16(22)26-2)17(21(24)25)18(13)27-12-14-6-4-3-5-7-14/h3-9H,10-12H2,1-2H3,(H,20,23). The summed E-state index contributed by atoms with van der Waals surface area (Å²) in [4.78, 5) is 34.5. The molecule has 1 N–H and O–H groups in total. The van der Waals surface area contributed by atoms with Gasteiger partial charge in [-0.2, -0.15) is 0 Å². The average Bonchev–Trinajstić information content (AvgIpc) is 2.67. The van der Waals surface area contributed by atoms with Gasteiger partial charge in [-0.15, -0.1) is 0 Å². The molecule has 0 aliphatic rings. The third kappa shape index (κ3) is 5.27. The lowest BCUT2D eigenvalue weighted by Crippen LogP contribution is -2.27. The number of carbonyl (C=O) groups excluding carboxylic acids is 2. The Morgan fingerprint density at radius 2 is 1.85 bits per heavy atom. The predicted molar refractivity (Wildman–Crippen MR) is 97.6 cm³/mol. The average molecular weight is 372 g/mol. The number of amides is 1. The molecule has 2 aromatic rings. The van der Waals surface area contributed by atoms with Gasteiger partial charge in [-0.05, 0) is 24.1 Å². The monoisotopic (exact) mass is 372 g/mol. The van der Waals surface area contributed by atoms with Crippen LogP contribution in [0.1, 0.15) is 27.9 Å². The number of carbonyl (C=O) groups is 2. The lowest BCUT2D eigenvalue weighted by atomic mass is 10.1. The lowest BCUT2D eigenvalue weighted by Gasteiger charge is -2.12. The summed E-state index contributed by atoms with van der Waals surface area (Å²) in [6.45, 7) is 1.82. The van der Waals surface area contributed by atoms with Gasteiger partial charge in [0.2, 0.25) is 5.75 Å². The van der Waals surface area contributed by atoms with E-state index in [0.29, 0.717) is 5.56 Å². The Kier molecular flexibility index (Phi) is 6.87. The fourth-order valence-corrected chi connectivity index (χ4v) is 2.42. The third-order valence-corrected chi connectivity index (χ3v) is 3.82. The van der Waals surface area contributed by atoms with Gasteiger partial charge in [-0.1, -0.05) is 36.4 Å². The number of hydrogen-bond donors (Lipinski definition) is 1. The first-order valence-electron chi connectivity index (χ1n) is 8.23. The number of hydrogen-bond acceptors (Lipinski definition) is 6. The first-order valence-corrected chi connectivity index (χ1v) is 8.23. The molecule has 1 amide bonds. The van der Waals surface area contributed by atoms with Crippen LogP contribution in [-0.2, 0) is 16.1 Å². The van der Waals surface area contributed by atoms with Crippen LogP contribution in [0.2, 0.25) is 0 Å². The van der Waals surface area contributed by atoms with E-state index < -0.39 is 22.5 Å². The number of esters is 1. The molecule has 27 heavy (non-hydrogen) atoms. The normalized spacial score (nSPS) is 10.1. The number of benzene rings is 2. The van der Waals surface area contributed by atoms with Gasteiger partial charge in [0.25, 0.3) is 5.91 Å². The summed E-state index contributed by atoms with van der Waals surface area (Å²) < 4.78 is 10.2. The van der Waals surface area contributed by atoms with Crippen molar-refractivity contribution in [3.8, 4) is 5.75 Å². The quantitative estimate of drug-likeness (QED) is 0.434. The Morgan fingerprint density at radius 3 is 2.48 bits per heavy atom. The van der Waals surface area contributed by atoms with E-state index in [0.717, 1.165) is 5.56 Å². The van der Waals surface area contributed by atoms with Crippen molar-refractivity contribution in [2.45, 2.75) is 20.0 Å². The maximum Gasteiger partial charge on any atom is 0.323 e. The zero-order chi connectivity index (χ0) is 19.8. The molecular weight excluding hydrogens is 352 g/mol. The first kappa shape index (κ1) is 19.9. The molecule has 0 aromatic heterocycles. The van der Waals surface area contributed by atoms with Gasteiger partial charge >= 0.3 is 11.7 Å². The van der Waals surface area contributed by atoms with Crippen LogP contribution in [0.25, 0.3) is 0 Å². The van der Waals surface area contributed by atoms with Crippen molar-refractivity contribution in [3.05, 3.63) is 69.3 Å². The lowest BCUT2D eigenvalue weighted by molar-refractivity contribution is -0.386. The molecule has 2 aromatic carbocycles. The van der Waals surface area contributed by atoms with Crippen molar-refractivity contribution >= 4 is 17.6 Å². The van der Waals surface area contributed by atoms with E-state index in [-0.39, 0.29) is 30.9 Å². The van der Waals surface area contributed by atoms with Crippen LogP contribution in [0.4, 0.5) is 5.69 Å². The number of ether oxygens (including phenoxy) is 2. The highest BCUT2D eigenvalue weighted by Gasteiger charge is 2.27. The van der Waals surface area contributed by atoms with Gasteiger partial charge in [-0.3, -0.25) is 19.7 Å². The smallest absolute Gasteiger partial charge is 0.323 e. The predicted octanol–water partition coefficient (Wildman–Crippen LogP) is 2.78. The zero-order valence-electron chi connectivity index (χ0n) is 15.1. The molecular formula is C19H20N2O6. The molecule has 0 aliphatic heterocycles. The van der Waals surface area contributed by atoms with E-state index in [4.69, 9.17) is 4.74 Å². The van der Waals surface area contributed by atoms with Crippen LogP contribution in [0.3, 0.4) is 0 Å². The molecule has 0 spiro atoms. The molecule has 8 heteroatoms. The molecule has 0 saturated heterocycles. The van der Waals surface area contributed by atoms with Gasteiger partial charge in [0.1, 0.15) is 12.2 Å². The van der Waals surface area contributed by atoms with E-state index in [1.54, 1.807) is 13.0 Å². The zero-order valence-corrected chi connectivity index (χ0v) is 15.1. The molecule has 0 fully saturated rings. The second kappa shape index (κ2) is 9.33. The maximum atomic E-state index is 12.4. The number of methoxy groups -OCH3 is 1. The Bertz CT molecular complexity index is 836. The number of nitrogens with one attached hydrogen (secondary N) is 1. The van der Waals surface area contributed by atoms with Crippen LogP contribution in [0.15, 0.2) is 42.5 Å². The minimum Gasteiger partial charge on any atom is -0.482 e. The third-order valence-electron chi connectivity index (χ3n) is 3.82. The molecule has 0 atom stereocenters. The van der Waals surface area contributed by atoms with Crippen molar-refractivity contribution in [2.24, 2.45) is 0 Å². The highest BCUT2D eigenvalue weighted by Crippen LogP contribution is 2.35. The van der Waals surface area contributed by atoms with Gasteiger partial charge in [0.15, 0.2) is 0 Å². The van der Waals surface area contributed by atoms with Gasteiger partial charge in [-0.25, -0.2) is 0 Å².